The highest BCUT2D eigenvalue weighted by atomic mass is 35.5. The van der Waals surface area contributed by atoms with Crippen LogP contribution in [0.2, 0.25) is 0 Å². The van der Waals surface area contributed by atoms with E-state index in [0.29, 0.717) is 0 Å². The number of unbranched alkanes of at least 4 members (excludes halogenated alkanes) is 2. The van der Waals surface area contributed by atoms with E-state index in [1.54, 1.807) is 0 Å². The molecule has 0 aliphatic heterocycles. The number of alkyl halides is 1. The van der Waals surface area contributed by atoms with Gasteiger partial charge in [-0.25, -0.2) is 0 Å². The van der Waals surface area contributed by atoms with Crippen molar-refractivity contribution in [2.24, 2.45) is 5.92 Å². The maximum atomic E-state index is 5.52. The van der Waals surface area contributed by atoms with Crippen LogP contribution >= 0.6 is 11.6 Å². The Morgan fingerprint density at radius 2 is 1.70 bits per heavy atom. The quantitative estimate of drug-likeness (QED) is 0.342. The van der Waals surface area contributed by atoms with Crippen LogP contribution in [0.1, 0.15) is 39.5 Å². The summed E-state index contributed by atoms with van der Waals surface area (Å²) in [6, 6.07) is 0. The SMILES string of the molecule is CC(C)CCCCCCl.[MgH2]. The van der Waals surface area contributed by atoms with Crippen molar-refractivity contribution in [2.45, 2.75) is 39.5 Å². The second-order valence-electron chi connectivity index (χ2n) is 2.93. The third kappa shape index (κ3) is 11.8. The molecule has 0 unspecified atom stereocenters. The van der Waals surface area contributed by atoms with Crippen LogP contribution in [-0.4, -0.2) is 28.9 Å². The predicted octanol–water partition coefficient (Wildman–Crippen LogP) is 2.53. The lowest BCUT2D eigenvalue weighted by Crippen LogP contribution is -1.86. The first kappa shape index (κ1) is 13.6. The van der Waals surface area contributed by atoms with Gasteiger partial charge < -0.3 is 0 Å². The van der Waals surface area contributed by atoms with Gasteiger partial charge in [0, 0.05) is 5.88 Å². The molecule has 0 saturated heterocycles. The van der Waals surface area contributed by atoms with E-state index in [4.69, 9.17) is 11.6 Å². The van der Waals surface area contributed by atoms with Crippen LogP contribution < -0.4 is 0 Å². The Balaban J connectivity index is 0. The van der Waals surface area contributed by atoms with Crippen molar-refractivity contribution in [3.05, 3.63) is 0 Å². The van der Waals surface area contributed by atoms with Crippen molar-refractivity contribution in [3.63, 3.8) is 0 Å². The van der Waals surface area contributed by atoms with Crippen molar-refractivity contribution in [1.82, 2.24) is 0 Å². The Labute approximate surface area is 85.9 Å². The number of hydrogen-bond donors (Lipinski definition) is 0. The lowest BCUT2D eigenvalue weighted by Gasteiger charge is -2.01. The summed E-state index contributed by atoms with van der Waals surface area (Å²) in [6.07, 6.45) is 5.21. The molecule has 0 aliphatic carbocycles. The molecule has 0 aromatic heterocycles. The Bertz CT molecular complexity index is 55.2. The highest BCUT2D eigenvalue weighted by molar-refractivity contribution is 6.17. The second kappa shape index (κ2) is 10.1. The van der Waals surface area contributed by atoms with Gasteiger partial charge in [-0.1, -0.05) is 33.1 Å². The largest absolute Gasteiger partial charge is 0.316 e. The highest BCUT2D eigenvalue weighted by Crippen LogP contribution is 2.07. The molecule has 60 valence electrons. The average molecular weight is 175 g/mol. The van der Waals surface area contributed by atoms with Crippen LogP contribution in [-0.2, 0) is 0 Å². The maximum absolute atomic E-state index is 5.52. The van der Waals surface area contributed by atoms with Crippen LogP contribution in [0, 0.1) is 5.92 Å². The van der Waals surface area contributed by atoms with Gasteiger partial charge in [0.25, 0.3) is 0 Å². The van der Waals surface area contributed by atoms with Crippen molar-refractivity contribution < 1.29 is 0 Å². The monoisotopic (exact) mass is 174 g/mol. The molecule has 0 heterocycles. The lowest BCUT2D eigenvalue weighted by molar-refractivity contribution is 0.535. The lowest BCUT2D eigenvalue weighted by atomic mass is 10.1. The van der Waals surface area contributed by atoms with Gasteiger partial charge in [-0.3, -0.25) is 0 Å². The zero-order chi connectivity index (χ0) is 7.11. The fourth-order valence-electron chi connectivity index (χ4n) is 0.824. The molecular formula is C8H19ClMg. The van der Waals surface area contributed by atoms with Gasteiger partial charge in [0.1, 0.15) is 0 Å². The van der Waals surface area contributed by atoms with Crippen LogP contribution in [0.3, 0.4) is 0 Å². The molecule has 0 nitrogen and oxygen atoms in total. The Morgan fingerprint density at radius 1 is 1.10 bits per heavy atom. The maximum Gasteiger partial charge on any atom is 0.316 e. The molecule has 0 aromatic carbocycles. The van der Waals surface area contributed by atoms with E-state index in [1.165, 1.54) is 25.7 Å². The highest BCUT2D eigenvalue weighted by Gasteiger charge is 1.92. The predicted molar refractivity (Wildman–Crippen MR) is 52.6 cm³/mol. The normalized spacial score (nSPS) is 9.60. The summed E-state index contributed by atoms with van der Waals surface area (Å²) in [6.45, 7) is 4.53. The summed E-state index contributed by atoms with van der Waals surface area (Å²) in [7, 11) is 0. The number of hydrogen-bond acceptors (Lipinski definition) is 0. The number of rotatable bonds is 5. The van der Waals surface area contributed by atoms with E-state index >= 15 is 0 Å². The van der Waals surface area contributed by atoms with Gasteiger partial charge in [0.2, 0.25) is 0 Å². The first-order valence-corrected chi connectivity index (χ1v) is 4.36. The van der Waals surface area contributed by atoms with E-state index in [0.717, 1.165) is 11.8 Å². The molecule has 0 radical (unpaired) electrons. The zero-order valence-electron chi connectivity index (χ0n) is 6.49. The Hall–Kier alpha value is 1.06. The summed E-state index contributed by atoms with van der Waals surface area (Å²) >= 11 is 5.52. The minimum atomic E-state index is 0. The van der Waals surface area contributed by atoms with Crippen molar-refractivity contribution in [3.8, 4) is 0 Å². The van der Waals surface area contributed by atoms with Gasteiger partial charge in [-0.05, 0) is 12.3 Å². The van der Waals surface area contributed by atoms with Gasteiger partial charge in [-0.2, -0.15) is 0 Å². The molecule has 0 bridgehead atoms. The van der Waals surface area contributed by atoms with Crippen LogP contribution in [0.15, 0.2) is 0 Å². The van der Waals surface area contributed by atoms with E-state index in [1.807, 2.05) is 0 Å². The number of halogens is 1. The molecule has 0 amide bonds. The standard InChI is InChI=1S/C8H17Cl.Mg.2H/c1-8(2)6-4-3-5-7-9;;;/h8H,3-7H2,1-2H3;;;. The average Bonchev–Trinajstić information content (AvgIpc) is 1.80. The van der Waals surface area contributed by atoms with E-state index < -0.39 is 0 Å². The molecule has 0 atom stereocenters. The van der Waals surface area contributed by atoms with Crippen molar-refractivity contribution >= 4 is 34.7 Å². The minimum absolute atomic E-state index is 0. The molecule has 0 N–H and O–H groups in total. The first-order valence-electron chi connectivity index (χ1n) is 3.83. The molecule has 10 heavy (non-hydrogen) atoms. The summed E-state index contributed by atoms with van der Waals surface area (Å²) < 4.78 is 0. The van der Waals surface area contributed by atoms with Gasteiger partial charge in [-0.15, -0.1) is 11.6 Å². The smallest absolute Gasteiger partial charge is 0.127 e. The second-order valence-corrected chi connectivity index (χ2v) is 3.31. The molecule has 0 saturated carbocycles. The van der Waals surface area contributed by atoms with Crippen LogP contribution in [0.4, 0.5) is 0 Å². The van der Waals surface area contributed by atoms with Gasteiger partial charge in [0.15, 0.2) is 0 Å². The molecule has 0 spiro atoms. The zero-order valence-corrected chi connectivity index (χ0v) is 7.25. The fraction of sp³-hybridized carbons (Fsp3) is 1.00. The van der Waals surface area contributed by atoms with Crippen molar-refractivity contribution in [2.75, 3.05) is 5.88 Å². The summed E-state index contributed by atoms with van der Waals surface area (Å²) in [5, 5.41) is 0. The molecule has 0 fully saturated rings. The third-order valence-electron chi connectivity index (χ3n) is 1.42. The van der Waals surface area contributed by atoms with E-state index in [2.05, 4.69) is 13.8 Å². The fourth-order valence-corrected chi connectivity index (χ4v) is 1.01. The van der Waals surface area contributed by atoms with Crippen LogP contribution in [0.25, 0.3) is 0 Å². The van der Waals surface area contributed by atoms with E-state index in [-0.39, 0.29) is 23.1 Å². The van der Waals surface area contributed by atoms with Crippen LogP contribution in [0.5, 0.6) is 0 Å². The van der Waals surface area contributed by atoms with E-state index in [9.17, 15) is 0 Å². The Morgan fingerprint density at radius 3 is 2.10 bits per heavy atom. The topological polar surface area (TPSA) is 0 Å². The van der Waals surface area contributed by atoms with Gasteiger partial charge in [0.05, 0.1) is 0 Å². The first-order chi connectivity index (χ1) is 4.27. The summed E-state index contributed by atoms with van der Waals surface area (Å²) in [5.74, 6) is 1.69. The molecular weight excluding hydrogens is 156 g/mol. The van der Waals surface area contributed by atoms with Gasteiger partial charge >= 0.3 is 23.1 Å². The third-order valence-corrected chi connectivity index (χ3v) is 1.68. The van der Waals surface area contributed by atoms with Crippen molar-refractivity contribution in [1.29, 1.82) is 0 Å². The minimum Gasteiger partial charge on any atom is -0.127 e. The molecule has 0 aromatic rings. The summed E-state index contributed by atoms with van der Waals surface area (Å²) in [4.78, 5) is 0. The molecule has 0 aliphatic rings. The Kier molecular flexibility index (Phi) is 13.7. The molecule has 0 rings (SSSR count). The summed E-state index contributed by atoms with van der Waals surface area (Å²) in [5.41, 5.74) is 0. The molecule has 2 heteroatoms.